The smallest absolute Gasteiger partial charge is 0.311 e. The first-order valence-electron chi connectivity index (χ1n) is 17.7. The van der Waals surface area contributed by atoms with Gasteiger partial charge in [-0.1, -0.05) is 13.0 Å². The summed E-state index contributed by atoms with van der Waals surface area (Å²) in [6, 6.07) is 5.53. The van der Waals surface area contributed by atoms with E-state index in [-0.39, 0.29) is 54.5 Å². The molecule has 1 aromatic rings. The summed E-state index contributed by atoms with van der Waals surface area (Å²) in [5, 5.41) is 19.2. The number of carbonyl (C=O) groups excluding carboxylic acids is 3. The van der Waals surface area contributed by atoms with E-state index in [9.17, 15) is 19.5 Å². The quantitative estimate of drug-likeness (QED) is 0.0605. The summed E-state index contributed by atoms with van der Waals surface area (Å²) in [7, 11) is 1.67. The van der Waals surface area contributed by atoms with Crippen LogP contribution in [-0.2, 0) is 41.6 Å². The van der Waals surface area contributed by atoms with E-state index in [1.54, 1.807) is 13.2 Å². The molecule has 0 aliphatic carbocycles. The molecule has 276 valence electrons. The lowest BCUT2D eigenvalue weighted by molar-refractivity contribution is -0.134. The van der Waals surface area contributed by atoms with E-state index >= 15 is 0 Å². The fourth-order valence-electron chi connectivity index (χ4n) is 4.83. The van der Waals surface area contributed by atoms with E-state index in [0.717, 1.165) is 50.6 Å². The highest BCUT2D eigenvalue weighted by Gasteiger charge is 2.20. The van der Waals surface area contributed by atoms with Crippen molar-refractivity contribution in [3.63, 3.8) is 0 Å². The van der Waals surface area contributed by atoms with Gasteiger partial charge in [0.05, 0.1) is 31.5 Å². The molecule has 2 amide bonds. The molecule has 0 bridgehead atoms. The molecule has 4 N–H and O–H groups in total. The molecule has 0 fully saturated rings. The van der Waals surface area contributed by atoms with E-state index in [4.69, 9.17) is 18.9 Å². The van der Waals surface area contributed by atoms with E-state index < -0.39 is 5.97 Å². The highest BCUT2D eigenvalue weighted by Crippen LogP contribution is 2.22. The van der Waals surface area contributed by atoms with Crippen LogP contribution in [0.25, 0.3) is 0 Å². The summed E-state index contributed by atoms with van der Waals surface area (Å²) < 4.78 is 22.3. The minimum Gasteiger partial charge on any atom is -0.426 e. The number of esters is 1. The Bertz CT molecular complexity index is 1070. The predicted molar refractivity (Wildman–Crippen MR) is 189 cm³/mol. The SMILES string of the molecule is CCC(CCCCNC(=O)CCOC(C)COC(C)(C)CCOC)NC(=O)CCCC(=O)Oc1ccc(CCNC(C)(C)C)cc1CO. The number of hydrogen-bond donors (Lipinski definition) is 4. The van der Waals surface area contributed by atoms with Gasteiger partial charge in [0.1, 0.15) is 5.75 Å². The lowest BCUT2D eigenvalue weighted by Gasteiger charge is -2.27. The Hall–Kier alpha value is -2.57. The third kappa shape index (κ3) is 21.4. The molecule has 0 aliphatic heterocycles. The van der Waals surface area contributed by atoms with Crippen LogP contribution >= 0.6 is 0 Å². The number of nitrogens with one attached hydrogen (secondary N) is 3. The molecule has 0 aromatic heterocycles. The largest absolute Gasteiger partial charge is 0.426 e. The molecule has 11 nitrogen and oxygen atoms in total. The van der Waals surface area contributed by atoms with Gasteiger partial charge in [-0.05, 0) is 111 Å². The first kappa shape index (κ1) is 43.5. The molecule has 2 unspecified atom stereocenters. The van der Waals surface area contributed by atoms with Gasteiger partial charge in [0.2, 0.25) is 11.8 Å². The maximum atomic E-state index is 12.5. The van der Waals surface area contributed by atoms with Crippen molar-refractivity contribution in [1.29, 1.82) is 0 Å². The van der Waals surface area contributed by atoms with Crippen LogP contribution in [-0.4, -0.2) is 86.2 Å². The third-order valence-corrected chi connectivity index (χ3v) is 7.88. The molecule has 2 atom stereocenters. The van der Waals surface area contributed by atoms with Gasteiger partial charge in [0.25, 0.3) is 0 Å². The molecule has 0 spiro atoms. The number of carbonyl (C=O) groups is 3. The molecule has 1 aromatic carbocycles. The van der Waals surface area contributed by atoms with Gasteiger partial charge >= 0.3 is 5.97 Å². The Balaban J connectivity index is 2.22. The molecule has 48 heavy (non-hydrogen) atoms. The lowest BCUT2D eigenvalue weighted by atomic mass is 10.1. The number of aliphatic hydroxyl groups is 1. The number of aliphatic hydroxyl groups excluding tert-OH is 1. The summed E-state index contributed by atoms with van der Waals surface area (Å²) in [5.74, 6) is -0.216. The van der Waals surface area contributed by atoms with Gasteiger partial charge in [0.15, 0.2) is 0 Å². The molecule has 1 rings (SSSR count). The highest BCUT2D eigenvalue weighted by atomic mass is 16.5. The van der Waals surface area contributed by atoms with Crippen molar-refractivity contribution in [3.05, 3.63) is 29.3 Å². The van der Waals surface area contributed by atoms with Crippen molar-refractivity contribution in [2.75, 3.05) is 40.0 Å². The number of ether oxygens (including phenoxy) is 4. The second-order valence-corrected chi connectivity index (χ2v) is 14.1. The minimum absolute atomic E-state index is 0.0274. The zero-order valence-corrected chi connectivity index (χ0v) is 31.0. The van der Waals surface area contributed by atoms with E-state index in [0.29, 0.717) is 50.5 Å². The van der Waals surface area contributed by atoms with Gasteiger partial charge in [-0.2, -0.15) is 0 Å². The van der Waals surface area contributed by atoms with Crippen LogP contribution in [0.3, 0.4) is 0 Å². The molecular formula is C37H65N3O8. The Kier molecular flexibility index (Phi) is 21.5. The number of hydrogen-bond acceptors (Lipinski definition) is 9. The average molecular weight is 680 g/mol. The summed E-state index contributed by atoms with van der Waals surface area (Å²) in [5.41, 5.74) is 1.36. The Morgan fingerprint density at radius 1 is 0.938 bits per heavy atom. The summed E-state index contributed by atoms with van der Waals surface area (Å²) in [6.07, 6.45) is 5.79. The minimum atomic E-state index is -0.429. The van der Waals surface area contributed by atoms with E-state index in [1.165, 1.54) is 0 Å². The average Bonchev–Trinajstić information content (AvgIpc) is 3.02. The van der Waals surface area contributed by atoms with Gasteiger partial charge < -0.3 is 40.0 Å². The second-order valence-electron chi connectivity index (χ2n) is 14.1. The van der Waals surface area contributed by atoms with Gasteiger partial charge in [-0.25, -0.2) is 0 Å². The van der Waals surface area contributed by atoms with Gasteiger partial charge in [0, 0.05) is 56.7 Å². The van der Waals surface area contributed by atoms with Crippen LogP contribution < -0.4 is 20.7 Å². The number of methoxy groups -OCH3 is 1. The summed E-state index contributed by atoms with van der Waals surface area (Å²) in [4.78, 5) is 37.1. The number of unbranched alkanes of at least 4 members (excludes halogenated alkanes) is 1. The molecule has 0 saturated heterocycles. The third-order valence-electron chi connectivity index (χ3n) is 7.88. The number of amides is 2. The maximum Gasteiger partial charge on any atom is 0.311 e. The van der Waals surface area contributed by atoms with Crippen molar-refractivity contribution < 1.29 is 38.4 Å². The van der Waals surface area contributed by atoms with Crippen LogP contribution in [0, 0.1) is 0 Å². The highest BCUT2D eigenvalue weighted by molar-refractivity contribution is 5.78. The van der Waals surface area contributed by atoms with Crippen molar-refractivity contribution >= 4 is 17.8 Å². The van der Waals surface area contributed by atoms with Gasteiger partial charge in [-0.15, -0.1) is 0 Å². The molecule has 0 radical (unpaired) electrons. The van der Waals surface area contributed by atoms with Crippen molar-refractivity contribution in [2.24, 2.45) is 0 Å². The van der Waals surface area contributed by atoms with Crippen LogP contribution in [0.15, 0.2) is 18.2 Å². The van der Waals surface area contributed by atoms with Crippen molar-refractivity contribution in [2.45, 2.75) is 143 Å². The fourth-order valence-corrected chi connectivity index (χ4v) is 4.83. The van der Waals surface area contributed by atoms with Crippen LogP contribution in [0.4, 0.5) is 0 Å². The van der Waals surface area contributed by atoms with E-state index in [1.807, 2.05) is 39.8 Å². The Morgan fingerprint density at radius 3 is 2.35 bits per heavy atom. The zero-order chi connectivity index (χ0) is 36.0. The standard InChI is InChI=1S/C37H65N3O8/c1-9-31(13-10-11-21-38-33(42)19-23-46-28(2)27-47-37(6,7)20-24-45-8)40-34(43)14-12-15-35(44)48-32-17-16-29(25-30(32)26-41)18-22-39-36(3,4)5/h16-17,25,28,31,39,41H,9-15,18-24,26-27H2,1-8H3,(H,38,42)(H,40,43). The Morgan fingerprint density at radius 2 is 1.69 bits per heavy atom. The first-order valence-corrected chi connectivity index (χ1v) is 17.7. The number of benzene rings is 1. The fraction of sp³-hybridized carbons (Fsp3) is 0.757. The van der Waals surface area contributed by atoms with Crippen LogP contribution in [0.5, 0.6) is 5.75 Å². The first-order chi connectivity index (χ1) is 22.7. The second kappa shape index (κ2) is 23.7. The predicted octanol–water partition coefficient (Wildman–Crippen LogP) is 4.99. The van der Waals surface area contributed by atoms with E-state index in [2.05, 4.69) is 36.7 Å². The molecule has 0 heterocycles. The summed E-state index contributed by atoms with van der Waals surface area (Å²) in [6.45, 7) is 16.9. The van der Waals surface area contributed by atoms with Crippen molar-refractivity contribution in [1.82, 2.24) is 16.0 Å². The number of rotatable bonds is 26. The molecular weight excluding hydrogens is 614 g/mol. The monoisotopic (exact) mass is 679 g/mol. The topological polar surface area (TPSA) is 144 Å². The lowest BCUT2D eigenvalue weighted by Crippen LogP contribution is -2.37. The van der Waals surface area contributed by atoms with Crippen LogP contribution in [0.2, 0.25) is 0 Å². The van der Waals surface area contributed by atoms with Crippen LogP contribution in [0.1, 0.15) is 117 Å². The summed E-state index contributed by atoms with van der Waals surface area (Å²) >= 11 is 0. The maximum absolute atomic E-state index is 12.5. The Labute approximate surface area is 289 Å². The van der Waals surface area contributed by atoms with Crippen molar-refractivity contribution in [3.8, 4) is 5.75 Å². The molecule has 0 saturated carbocycles. The van der Waals surface area contributed by atoms with Gasteiger partial charge in [-0.3, -0.25) is 14.4 Å². The molecule has 0 aliphatic rings. The zero-order valence-electron chi connectivity index (χ0n) is 31.0. The normalized spacial score (nSPS) is 13.2. The molecule has 11 heteroatoms.